The lowest BCUT2D eigenvalue weighted by atomic mass is 10.1. The van der Waals surface area contributed by atoms with Crippen LogP contribution in [0.15, 0.2) is 24.3 Å². The van der Waals surface area contributed by atoms with E-state index in [-0.39, 0.29) is 25.4 Å². The van der Waals surface area contributed by atoms with Crippen molar-refractivity contribution in [1.29, 1.82) is 0 Å². The lowest BCUT2D eigenvalue weighted by Crippen LogP contribution is -2.29. The molecule has 1 atom stereocenters. The van der Waals surface area contributed by atoms with Crippen molar-refractivity contribution in [2.75, 3.05) is 19.8 Å². The predicted octanol–water partition coefficient (Wildman–Crippen LogP) is 1.29. The van der Waals surface area contributed by atoms with Crippen LogP contribution in [-0.4, -0.2) is 48.1 Å². The smallest absolute Gasteiger partial charge is 0.334 e. The van der Waals surface area contributed by atoms with Crippen molar-refractivity contribution in [1.82, 2.24) is 0 Å². The van der Waals surface area contributed by atoms with Gasteiger partial charge in [-0.2, -0.15) is 0 Å². The van der Waals surface area contributed by atoms with Crippen LogP contribution in [0.1, 0.15) is 26.2 Å². The van der Waals surface area contributed by atoms with Gasteiger partial charge in [0.1, 0.15) is 12.7 Å². The summed E-state index contributed by atoms with van der Waals surface area (Å²) in [4.78, 5) is 22.3. The number of ether oxygens (including phenoxy) is 2. The molecule has 0 saturated carbocycles. The van der Waals surface area contributed by atoms with E-state index in [1.165, 1.54) is 0 Å². The Labute approximate surface area is 118 Å². The summed E-state index contributed by atoms with van der Waals surface area (Å²) in [7, 11) is 0. The Balaban J connectivity index is 4.81. The van der Waals surface area contributed by atoms with E-state index in [2.05, 4.69) is 6.58 Å². The topological polar surface area (TPSA) is 93.1 Å². The molecule has 0 heterocycles. The van der Waals surface area contributed by atoms with Gasteiger partial charge in [0.25, 0.3) is 0 Å². The summed E-state index contributed by atoms with van der Waals surface area (Å²) in [5.41, 5.74) is 0.0313. The number of unbranched alkanes of at least 4 members (excludes halogenated alkanes) is 2. The van der Waals surface area contributed by atoms with Crippen molar-refractivity contribution in [2.24, 2.45) is 0 Å². The van der Waals surface area contributed by atoms with Crippen LogP contribution in [0.3, 0.4) is 0 Å². The van der Waals surface area contributed by atoms with Crippen molar-refractivity contribution in [3.63, 3.8) is 0 Å². The summed E-state index contributed by atoms with van der Waals surface area (Å²) in [6, 6.07) is 0. The highest BCUT2D eigenvalue weighted by Crippen LogP contribution is 2.11. The van der Waals surface area contributed by atoms with Crippen LogP contribution >= 0.6 is 0 Å². The number of esters is 1. The third kappa shape index (κ3) is 7.70. The van der Waals surface area contributed by atoms with E-state index in [4.69, 9.17) is 14.6 Å². The summed E-state index contributed by atoms with van der Waals surface area (Å²) in [5, 5.41) is 18.0. The molecule has 0 saturated heterocycles. The first-order valence-electron chi connectivity index (χ1n) is 6.51. The van der Waals surface area contributed by atoms with Crippen LogP contribution in [0.2, 0.25) is 0 Å². The minimum absolute atomic E-state index is 0.0313. The number of carboxylic acid groups (broad SMARTS) is 1. The number of carbonyl (C=O) groups is 2. The van der Waals surface area contributed by atoms with E-state index in [0.717, 1.165) is 18.9 Å². The highest BCUT2D eigenvalue weighted by molar-refractivity contribution is 5.88. The summed E-state index contributed by atoms with van der Waals surface area (Å²) in [5.74, 6) is -1.78. The molecule has 0 bridgehead atoms. The van der Waals surface area contributed by atoms with Gasteiger partial charge in [-0.3, -0.25) is 0 Å². The summed E-state index contributed by atoms with van der Waals surface area (Å²) < 4.78 is 10.0. The number of rotatable bonds is 11. The zero-order valence-electron chi connectivity index (χ0n) is 11.7. The van der Waals surface area contributed by atoms with Gasteiger partial charge in [-0.05, 0) is 6.42 Å². The second-order valence-corrected chi connectivity index (χ2v) is 4.02. The van der Waals surface area contributed by atoms with Gasteiger partial charge in [-0.15, -0.1) is 0 Å². The van der Waals surface area contributed by atoms with Gasteiger partial charge in [0.2, 0.25) is 0 Å². The third-order valence-electron chi connectivity index (χ3n) is 2.47. The second-order valence-electron chi connectivity index (χ2n) is 4.02. The van der Waals surface area contributed by atoms with Gasteiger partial charge in [-0.25, -0.2) is 9.59 Å². The Bertz CT molecular complexity index is 348. The number of aliphatic hydroxyl groups excluding tert-OH is 1. The first-order chi connectivity index (χ1) is 9.56. The van der Waals surface area contributed by atoms with Crippen molar-refractivity contribution in [3.8, 4) is 0 Å². The van der Waals surface area contributed by atoms with Crippen LogP contribution in [0.5, 0.6) is 0 Å². The number of allylic oxidation sites excluding steroid dienone is 1. The molecule has 0 aromatic heterocycles. The molecule has 0 aliphatic heterocycles. The molecule has 0 amide bonds. The van der Waals surface area contributed by atoms with Gasteiger partial charge < -0.3 is 19.7 Å². The molecule has 6 heteroatoms. The molecule has 0 rings (SSSR count). The Morgan fingerprint density at radius 1 is 1.40 bits per heavy atom. The lowest BCUT2D eigenvalue weighted by Gasteiger charge is -2.18. The van der Waals surface area contributed by atoms with Crippen molar-refractivity contribution in [3.05, 3.63) is 24.3 Å². The summed E-state index contributed by atoms with van der Waals surface area (Å²) >= 11 is 0. The maximum atomic E-state index is 11.2. The molecule has 0 aromatic carbocycles. The molecule has 2 N–H and O–H groups in total. The van der Waals surface area contributed by atoms with E-state index in [1.807, 2.05) is 6.92 Å². The molecule has 0 aliphatic carbocycles. The van der Waals surface area contributed by atoms with Gasteiger partial charge in [0.05, 0.1) is 18.8 Å². The minimum atomic E-state index is -1.13. The normalized spacial score (nSPS) is 12.8. The summed E-state index contributed by atoms with van der Waals surface area (Å²) in [6.07, 6.45) is 4.06. The molecule has 0 aromatic rings. The fourth-order valence-corrected chi connectivity index (χ4v) is 1.46. The zero-order chi connectivity index (χ0) is 15.4. The molecule has 1 unspecified atom stereocenters. The Morgan fingerprint density at radius 3 is 2.60 bits per heavy atom. The number of carbonyl (C=O) groups excluding carboxylic acids is 1. The molecule has 0 fully saturated rings. The first kappa shape index (κ1) is 18.3. The lowest BCUT2D eigenvalue weighted by molar-refractivity contribution is -0.144. The van der Waals surface area contributed by atoms with Crippen LogP contribution in [0.25, 0.3) is 0 Å². The third-order valence-corrected chi connectivity index (χ3v) is 2.47. The summed E-state index contributed by atoms with van der Waals surface area (Å²) in [6.45, 7) is 4.75. The SMILES string of the molecule is C=CC(=O)OCC(OCCO)C(=CCCCC)C(=O)O. The van der Waals surface area contributed by atoms with Crippen LogP contribution in [0, 0.1) is 0 Å². The fourth-order valence-electron chi connectivity index (χ4n) is 1.46. The predicted molar refractivity (Wildman–Crippen MR) is 73.2 cm³/mol. The molecule has 6 nitrogen and oxygen atoms in total. The average molecular weight is 286 g/mol. The molecule has 0 aliphatic rings. The molecule has 0 radical (unpaired) electrons. The van der Waals surface area contributed by atoms with Crippen LogP contribution in [-0.2, 0) is 19.1 Å². The minimum Gasteiger partial charge on any atom is -0.478 e. The monoisotopic (exact) mass is 286 g/mol. The van der Waals surface area contributed by atoms with Crippen LogP contribution in [0.4, 0.5) is 0 Å². The largest absolute Gasteiger partial charge is 0.478 e. The number of aliphatic carboxylic acids is 1. The van der Waals surface area contributed by atoms with Gasteiger partial charge in [0.15, 0.2) is 0 Å². The molecular weight excluding hydrogens is 264 g/mol. The second kappa shape index (κ2) is 11.2. The standard InChI is InChI=1S/C14H22O6/c1-3-5-6-7-11(14(17)18)12(19-9-8-15)10-20-13(16)4-2/h4,7,12,15H,2-3,5-6,8-10H2,1H3,(H,17,18). The van der Waals surface area contributed by atoms with E-state index in [0.29, 0.717) is 6.42 Å². The highest BCUT2D eigenvalue weighted by atomic mass is 16.6. The van der Waals surface area contributed by atoms with E-state index >= 15 is 0 Å². The van der Waals surface area contributed by atoms with Crippen molar-refractivity contribution in [2.45, 2.75) is 32.3 Å². The Kier molecular flexibility index (Phi) is 10.3. The zero-order valence-corrected chi connectivity index (χ0v) is 11.7. The molecule has 20 heavy (non-hydrogen) atoms. The molecular formula is C14H22O6. The maximum Gasteiger partial charge on any atom is 0.334 e. The van der Waals surface area contributed by atoms with Gasteiger partial charge >= 0.3 is 11.9 Å². The average Bonchev–Trinajstić information content (AvgIpc) is 2.44. The van der Waals surface area contributed by atoms with Crippen LogP contribution < -0.4 is 0 Å². The van der Waals surface area contributed by atoms with E-state index in [1.54, 1.807) is 6.08 Å². The number of aliphatic hydroxyl groups is 1. The Hall–Kier alpha value is -1.66. The van der Waals surface area contributed by atoms with Gasteiger partial charge in [-0.1, -0.05) is 32.4 Å². The van der Waals surface area contributed by atoms with E-state index in [9.17, 15) is 14.7 Å². The molecule has 114 valence electrons. The van der Waals surface area contributed by atoms with Gasteiger partial charge in [0, 0.05) is 6.08 Å². The number of hydrogen-bond donors (Lipinski definition) is 2. The Morgan fingerprint density at radius 2 is 2.10 bits per heavy atom. The maximum absolute atomic E-state index is 11.2. The number of hydrogen-bond acceptors (Lipinski definition) is 5. The van der Waals surface area contributed by atoms with Crippen molar-refractivity contribution < 1.29 is 29.3 Å². The quantitative estimate of drug-likeness (QED) is 0.338. The molecule has 0 spiro atoms. The number of carboxylic acids is 1. The van der Waals surface area contributed by atoms with Crippen molar-refractivity contribution >= 4 is 11.9 Å². The first-order valence-corrected chi connectivity index (χ1v) is 6.51. The highest BCUT2D eigenvalue weighted by Gasteiger charge is 2.22. The fraction of sp³-hybridized carbons (Fsp3) is 0.571. The van der Waals surface area contributed by atoms with E-state index < -0.39 is 18.0 Å².